The minimum Gasteiger partial charge on any atom is -0.391 e. The SMILES string of the molecule is OCc1cnc(CC2CCCNC2)s1. The highest BCUT2D eigenvalue weighted by atomic mass is 32.1. The third kappa shape index (κ3) is 2.53. The molecule has 1 aliphatic rings. The van der Waals surface area contributed by atoms with Crippen LogP contribution in [0.3, 0.4) is 0 Å². The van der Waals surface area contributed by atoms with E-state index in [0.29, 0.717) is 0 Å². The maximum Gasteiger partial charge on any atom is 0.0931 e. The lowest BCUT2D eigenvalue weighted by molar-refractivity contribution is 0.285. The first-order valence-corrected chi connectivity index (χ1v) is 5.95. The molecular formula is C10H16N2OS. The molecule has 0 aliphatic carbocycles. The van der Waals surface area contributed by atoms with Gasteiger partial charge in [0, 0.05) is 12.6 Å². The Labute approximate surface area is 88.2 Å². The number of nitrogens with zero attached hydrogens (tertiary/aromatic N) is 1. The van der Waals surface area contributed by atoms with Crippen LogP contribution in [0.25, 0.3) is 0 Å². The van der Waals surface area contributed by atoms with Gasteiger partial charge in [-0.3, -0.25) is 0 Å². The minimum absolute atomic E-state index is 0.126. The van der Waals surface area contributed by atoms with Crippen molar-refractivity contribution in [1.29, 1.82) is 0 Å². The van der Waals surface area contributed by atoms with Gasteiger partial charge in [-0.25, -0.2) is 4.98 Å². The van der Waals surface area contributed by atoms with Crippen molar-refractivity contribution in [2.24, 2.45) is 5.92 Å². The Hall–Kier alpha value is -0.450. The molecule has 0 aromatic carbocycles. The third-order valence-corrected chi connectivity index (χ3v) is 3.62. The number of piperidine rings is 1. The third-order valence-electron chi connectivity index (χ3n) is 2.62. The van der Waals surface area contributed by atoms with Crippen LogP contribution in [-0.2, 0) is 13.0 Å². The maximum atomic E-state index is 8.91. The summed E-state index contributed by atoms with van der Waals surface area (Å²) in [6.07, 6.45) is 5.44. The number of rotatable bonds is 3. The molecule has 0 amide bonds. The molecule has 1 saturated heterocycles. The highest BCUT2D eigenvalue weighted by Crippen LogP contribution is 2.20. The van der Waals surface area contributed by atoms with Crippen molar-refractivity contribution in [3.8, 4) is 0 Å². The molecule has 0 bridgehead atoms. The molecule has 1 aromatic rings. The molecule has 1 atom stereocenters. The van der Waals surface area contributed by atoms with Gasteiger partial charge >= 0.3 is 0 Å². The van der Waals surface area contributed by atoms with E-state index in [1.165, 1.54) is 17.8 Å². The van der Waals surface area contributed by atoms with Crippen molar-refractivity contribution in [2.75, 3.05) is 13.1 Å². The van der Waals surface area contributed by atoms with Crippen molar-refractivity contribution < 1.29 is 5.11 Å². The van der Waals surface area contributed by atoms with Crippen LogP contribution in [0.4, 0.5) is 0 Å². The average Bonchev–Trinajstić information content (AvgIpc) is 2.67. The normalized spacial score (nSPS) is 22.5. The summed E-state index contributed by atoms with van der Waals surface area (Å²) in [7, 11) is 0. The fourth-order valence-corrected chi connectivity index (χ4v) is 2.76. The number of aromatic nitrogens is 1. The molecule has 0 saturated carbocycles. The van der Waals surface area contributed by atoms with Gasteiger partial charge in [0.2, 0.25) is 0 Å². The van der Waals surface area contributed by atoms with Gasteiger partial charge in [-0.1, -0.05) is 0 Å². The Morgan fingerprint density at radius 2 is 2.57 bits per heavy atom. The molecule has 1 unspecified atom stereocenters. The summed E-state index contributed by atoms with van der Waals surface area (Å²) in [5.74, 6) is 0.737. The lowest BCUT2D eigenvalue weighted by atomic mass is 9.97. The van der Waals surface area contributed by atoms with Crippen molar-refractivity contribution in [3.63, 3.8) is 0 Å². The van der Waals surface area contributed by atoms with E-state index >= 15 is 0 Å². The van der Waals surface area contributed by atoms with E-state index in [0.717, 1.165) is 30.3 Å². The van der Waals surface area contributed by atoms with E-state index < -0.39 is 0 Å². The van der Waals surface area contributed by atoms with Gasteiger partial charge in [-0.05, 0) is 31.8 Å². The number of hydrogen-bond donors (Lipinski definition) is 2. The molecule has 2 N–H and O–H groups in total. The monoisotopic (exact) mass is 212 g/mol. The van der Waals surface area contributed by atoms with Gasteiger partial charge in [0.15, 0.2) is 0 Å². The van der Waals surface area contributed by atoms with Gasteiger partial charge in [-0.15, -0.1) is 11.3 Å². The highest BCUT2D eigenvalue weighted by Gasteiger charge is 2.15. The molecule has 14 heavy (non-hydrogen) atoms. The zero-order chi connectivity index (χ0) is 9.80. The molecular weight excluding hydrogens is 196 g/mol. The molecule has 1 aromatic heterocycles. The van der Waals surface area contributed by atoms with E-state index in [2.05, 4.69) is 10.3 Å². The predicted molar refractivity (Wildman–Crippen MR) is 57.3 cm³/mol. The van der Waals surface area contributed by atoms with E-state index in [9.17, 15) is 0 Å². The lowest BCUT2D eigenvalue weighted by Crippen LogP contribution is -2.30. The second-order valence-electron chi connectivity index (χ2n) is 3.79. The number of hydrogen-bond acceptors (Lipinski definition) is 4. The van der Waals surface area contributed by atoms with Gasteiger partial charge in [0.1, 0.15) is 0 Å². The van der Waals surface area contributed by atoms with E-state index in [-0.39, 0.29) is 6.61 Å². The molecule has 1 fully saturated rings. The topological polar surface area (TPSA) is 45.2 Å². The summed E-state index contributed by atoms with van der Waals surface area (Å²) in [5, 5.41) is 13.5. The second-order valence-corrected chi connectivity index (χ2v) is 4.99. The van der Waals surface area contributed by atoms with Crippen LogP contribution in [0, 0.1) is 5.92 Å². The first-order valence-electron chi connectivity index (χ1n) is 5.13. The quantitative estimate of drug-likeness (QED) is 0.791. The summed E-state index contributed by atoms with van der Waals surface area (Å²) in [4.78, 5) is 5.29. The first kappa shape index (κ1) is 10.1. The minimum atomic E-state index is 0.126. The largest absolute Gasteiger partial charge is 0.391 e. The molecule has 2 heterocycles. The van der Waals surface area contributed by atoms with E-state index in [1.807, 2.05) is 0 Å². The van der Waals surface area contributed by atoms with Gasteiger partial charge < -0.3 is 10.4 Å². The molecule has 3 nitrogen and oxygen atoms in total. The van der Waals surface area contributed by atoms with Crippen molar-refractivity contribution in [3.05, 3.63) is 16.1 Å². The summed E-state index contributed by atoms with van der Waals surface area (Å²) in [6.45, 7) is 2.41. The van der Waals surface area contributed by atoms with E-state index in [1.54, 1.807) is 17.5 Å². The molecule has 78 valence electrons. The Bertz CT molecular complexity index is 281. The van der Waals surface area contributed by atoms with Gasteiger partial charge in [0.25, 0.3) is 0 Å². The van der Waals surface area contributed by atoms with Crippen LogP contribution in [-0.4, -0.2) is 23.2 Å². The second kappa shape index (κ2) is 4.87. The van der Waals surface area contributed by atoms with Crippen molar-refractivity contribution in [2.45, 2.75) is 25.9 Å². The highest BCUT2D eigenvalue weighted by molar-refractivity contribution is 7.11. The Kier molecular flexibility index (Phi) is 3.50. The molecule has 2 rings (SSSR count). The number of aliphatic hydroxyl groups excluding tert-OH is 1. The van der Waals surface area contributed by atoms with Crippen LogP contribution in [0.5, 0.6) is 0 Å². The maximum absolute atomic E-state index is 8.91. The van der Waals surface area contributed by atoms with Gasteiger partial charge in [-0.2, -0.15) is 0 Å². The van der Waals surface area contributed by atoms with Crippen LogP contribution in [0.1, 0.15) is 22.7 Å². The standard InChI is InChI=1S/C10H16N2OS/c13-7-9-6-12-10(14-9)4-8-2-1-3-11-5-8/h6,8,11,13H,1-5,7H2. The van der Waals surface area contributed by atoms with Crippen LogP contribution in [0.15, 0.2) is 6.20 Å². The molecule has 4 heteroatoms. The van der Waals surface area contributed by atoms with E-state index in [4.69, 9.17) is 5.11 Å². The van der Waals surface area contributed by atoms with Gasteiger partial charge in [0.05, 0.1) is 16.5 Å². The summed E-state index contributed by atoms with van der Waals surface area (Å²) in [6, 6.07) is 0. The number of thiazole rings is 1. The Morgan fingerprint density at radius 1 is 1.64 bits per heavy atom. The Morgan fingerprint density at radius 3 is 3.21 bits per heavy atom. The fourth-order valence-electron chi connectivity index (χ4n) is 1.86. The molecule has 0 radical (unpaired) electrons. The summed E-state index contributed by atoms with van der Waals surface area (Å²) < 4.78 is 0. The van der Waals surface area contributed by atoms with Crippen LogP contribution < -0.4 is 5.32 Å². The average molecular weight is 212 g/mol. The number of nitrogens with one attached hydrogen (secondary N) is 1. The smallest absolute Gasteiger partial charge is 0.0931 e. The summed E-state index contributed by atoms with van der Waals surface area (Å²) >= 11 is 1.64. The van der Waals surface area contributed by atoms with Crippen LogP contribution in [0.2, 0.25) is 0 Å². The zero-order valence-corrected chi connectivity index (χ0v) is 9.02. The summed E-state index contributed by atoms with van der Waals surface area (Å²) in [5.41, 5.74) is 0. The van der Waals surface area contributed by atoms with Crippen molar-refractivity contribution >= 4 is 11.3 Å². The van der Waals surface area contributed by atoms with Crippen LogP contribution >= 0.6 is 11.3 Å². The van der Waals surface area contributed by atoms with Crippen molar-refractivity contribution in [1.82, 2.24) is 10.3 Å². The zero-order valence-electron chi connectivity index (χ0n) is 8.20. The predicted octanol–water partition coefficient (Wildman–Crippen LogP) is 1.18. The molecule has 0 spiro atoms. The first-order chi connectivity index (χ1) is 6.88. The molecule has 1 aliphatic heterocycles. The Balaban J connectivity index is 1.89. The fraction of sp³-hybridized carbons (Fsp3) is 0.700. The lowest BCUT2D eigenvalue weighted by Gasteiger charge is -2.21. The number of aliphatic hydroxyl groups is 1.